The van der Waals surface area contributed by atoms with Crippen molar-refractivity contribution < 1.29 is 4.79 Å². The predicted octanol–water partition coefficient (Wildman–Crippen LogP) is 8.68. The number of Topliss-reactive ketones (excluding diaryl/α,β-unsaturated/α-hetero) is 1. The van der Waals surface area contributed by atoms with Gasteiger partial charge in [0.25, 0.3) is 0 Å². The van der Waals surface area contributed by atoms with Crippen LogP contribution in [0.25, 0.3) is 11.1 Å². The molecule has 0 fully saturated rings. The topological polar surface area (TPSA) is 29.1 Å². The first-order valence-corrected chi connectivity index (χ1v) is 13.4. The lowest BCUT2D eigenvalue weighted by atomic mass is 9.86. The Labute approximate surface area is 208 Å². The third kappa shape index (κ3) is 6.84. The van der Waals surface area contributed by atoms with E-state index >= 15 is 0 Å². The Morgan fingerprint density at radius 2 is 1.65 bits per heavy atom. The molecule has 1 atom stereocenters. The molecule has 1 aliphatic carbocycles. The third-order valence-electron chi connectivity index (χ3n) is 7.20. The molecule has 1 unspecified atom stereocenters. The third-order valence-corrected chi connectivity index (χ3v) is 7.20. The fraction of sp³-hybridized carbons (Fsp3) is 0.469. The van der Waals surface area contributed by atoms with Gasteiger partial charge in [-0.3, -0.25) is 4.79 Å². The number of rotatable bonds is 14. The molecule has 34 heavy (non-hydrogen) atoms. The van der Waals surface area contributed by atoms with Gasteiger partial charge >= 0.3 is 0 Å². The van der Waals surface area contributed by atoms with E-state index in [4.69, 9.17) is 0 Å². The summed E-state index contributed by atoms with van der Waals surface area (Å²) in [5.74, 6) is 0.289. The van der Waals surface area contributed by atoms with Crippen LogP contribution in [0.1, 0.15) is 110 Å². The van der Waals surface area contributed by atoms with Crippen LogP contribution in [-0.2, 0) is 12.8 Å². The van der Waals surface area contributed by atoms with Gasteiger partial charge in [-0.2, -0.15) is 0 Å². The number of hydrogen-bond acceptors (Lipinski definition) is 2. The van der Waals surface area contributed by atoms with Crippen molar-refractivity contribution in [3.8, 4) is 11.1 Å². The van der Waals surface area contributed by atoms with Gasteiger partial charge in [-0.05, 0) is 85.7 Å². The minimum Gasteiger partial charge on any atom is -0.384 e. The highest BCUT2D eigenvalue weighted by molar-refractivity contribution is 6.03. The monoisotopic (exact) mass is 457 g/mol. The number of allylic oxidation sites excluding steroid dienone is 1. The second-order valence-electron chi connectivity index (χ2n) is 9.82. The van der Waals surface area contributed by atoms with E-state index in [1.54, 1.807) is 6.08 Å². The van der Waals surface area contributed by atoms with Crippen LogP contribution < -0.4 is 5.32 Å². The maximum atomic E-state index is 12.5. The van der Waals surface area contributed by atoms with Crippen LogP contribution in [0.4, 0.5) is 0 Å². The van der Waals surface area contributed by atoms with E-state index in [2.05, 4.69) is 63.3 Å². The smallest absolute Gasteiger partial charge is 0.163 e. The Kier molecular flexibility index (Phi) is 10.4. The summed E-state index contributed by atoms with van der Waals surface area (Å²) in [6.07, 6.45) is 18.2. The minimum absolute atomic E-state index is 0.0449. The molecule has 0 saturated carbocycles. The molecule has 0 saturated heterocycles. The van der Waals surface area contributed by atoms with Gasteiger partial charge in [0.05, 0.1) is 6.04 Å². The second kappa shape index (κ2) is 13.5. The zero-order valence-electron chi connectivity index (χ0n) is 21.4. The van der Waals surface area contributed by atoms with Crippen LogP contribution in [-0.4, -0.2) is 5.78 Å². The first-order chi connectivity index (χ1) is 16.6. The molecule has 0 aliphatic heterocycles. The lowest BCUT2D eigenvalue weighted by Crippen LogP contribution is -2.12. The SMILES string of the molecule is [CH2]/C=C\NC([CH2])c1ccc(C)c(-c2c(CCCCCCCCCCC)ccc3c2CCC3=O)c1. The van der Waals surface area contributed by atoms with Crippen molar-refractivity contribution in [3.05, 3.63) is 84.3 Å². The van der Waals surface area contributed by atoms with Crippen LogP contribution in [0.15, 0.2) is 42.6 Å². The normalized spacial score (nSPS) is 14.1. The zero-order chi connectivity index (χ0) is 24.3. The highest BCUT2D eigenvalue weighted by Gasteiger charge is 2.25. The average molecular weight is 458 g/mol. The van der Waals surface area contributed by atoms with Gasteiger partial charge in [-0.1, -0.05) is 88.6 Å². The van der Waals surface area contributed by atoms with Gasteiger partial charge in [0, 0.05) is 12.0 Å². The van der Waals surface area contributed by atoms with Crippen molar-refractivity contribution in [1.29, 1.82) is 0 Å². The van der Waals surface area contributed by atoms with Crippen molar-refractivity contribution in [3.63, 3.8) is 0 Å². The van der Waals surface area contributed by atoms with Gasteiger partial charge in [-0.25, -0.2) is 0 Å². The maximum absolute atomic E-state index is 12.5. The largest absolute Gasteiger partial charge is 0.384 e. The first-order valence-electron chi connectivity index (χ1n) is 13.4. The molecule has 2 aromatic rings. The van der Waals surface area contributed by atoms with E-state index < -0.39 is 0 Å². The summed E-state index contributed by atoms with van der Waals surface area (Å²) in [7, 11) is 0. The van der Waals surface area contributed by atoms with Crippen LogP contribution in [0, 0.1) is 20.8 Å². The van der Waals surface area contributed by atoms with Crippen LogP contribution >= 0.6 is 0 Å². The summed E-state index contributed by atoms with van der Waals surface area (Å²) >= 11 is 0. The minimum atomic E-state index is -0.0449. The summed E-state index contributed by atoms with van der Waals surface area (Å²) in [4.78, 5) is 12.5. The fourth-order valence-corrected chi connectivity index (χ4v) is 5.17. The Morgan fingerprint density at radius 3 is 2.35 bits per heavy atom. The van der Waals surface area contributed by atoms with Gasteiger partial charge in [0.15, 0.2) is 5.78 Å². The van der Waals surface area contributed by atoms with Crippen molar-refractivity contribution in [2.24, 2.45) is 0 Å². The number of fused-ring (bicyclic) bond motifs is 1. The number of aryl methyl sites for hydroxylation is 2. The maximum Gasteiger partial charge on any atom is 0.163 e. The number of carbonyl (C=O) groups is 1. The summed E-state index contributed by atoms with van der Waals surface area (Å²) in [6, 6.07) is 10.9. The van der Waals surface area contributed by atoms with Gasteiger partial charge < -0.3 is 5.32 Å². The molecule has 2 aromatic carbocycles. The Hall–Kier alpha value is -2.35. The summed E-state index contributed by atoms with van der Waals surface area (Å²) in [6.45, 7) is 12.5. The Balaban J connectivity index is 1.77. The molecular formula is C32H43NO. The lowest BCUT2D eigenvalue weighted by molar-refractivity contribution is 0.0994. The Morgan fingerprint density at radius 1 is 0.941 bits per heavy atom. The molecule has 2 nitrogen and oxygen atoms in total. The molecule has 2 radical (unpaired) electrons. The molecule has 2 heteroatoms. The molecule has 0 spiro atoms. The van der Waals surface area contributed by atoms with Gasteiger partial charge in [-0.15, -0.1) is 0 Å². The molecule has 3 rings (SSSR count). The highest BCUT2D eigenvalue weighted by atomic mass is 16.1. The molecule has 0 heterocycles. The molecule has 0 aromatic heterocycles. The molecule has 182 valence electrons. The fourth-order valence-electron chi connectivity index (χ4n) is 5.17. The molecular weight excluding hydrogens is 414 g/mol. The van der Waals surface area contributed by atoms with E-state index in [0.717, 1.165) is 24.0 Å². The summed E-state index contributed by atoms with van der Waals surface area (Å²) in [5.41, 5.74) is 8.54. The van der Waals surface area contributed by atoms with E-state index in [1.165, 1.54) is 85.6 Å². The average Bonchev–Trinajstić information content (AvgIpc) is 3.22. The molecule has 1 aliphatic rings. The van der Waals surface area contributed by atoms with Crippen molar-refractivity contribution >= 4 is 5.78 Å². The first kappa shape index (κ1) is 26.3. The van der Waals surface area contributed by atoms with E-state index in [9.17, 15) is 4.79 Å². The number of ketones is 1. The molecule has 0 bridgehead atoms. The predicted molar refractivity (Wildman–Crippen MR) is 146 cm³/mol. The summed E-state index contributed by atoms with van der Waals surface area (Å²) in [5, 5.41) is 3.28. The highest BCUT2D eigenvalue weighted by Crippen LogP contribution is 2.38. The van der Waals surface area contributed by atoms with E-state index in [0.29, 0.717) is 6.42 Å². The van der Waals surface area contributed by atoms with Gasteiger partial charge in [0.2, 0.25) is 0 Å². The number of carbonyl (C=O) groups excluding carboxylic acids is 1. The zero-order valence-corrected chi connectivity index (χ0v) is 21.4. The van der Waals surface area contributed by atoms with Crippen LogP contribution in [0.2, 0.25) is 0 Å². The van der Waals surface area contributed by atoms with Crippen molar-refractivity contribution in [2.75, 3.05) is 0 Å². The number of hydrogen-bond donors (Lipinski definition) is 1. The van der Waals surface area contributed by atoms with E-state index in [-0.39, 0.29) is 11.8 Å². The quantitative estimate of drug-likeness (QED) is 0.287. The number of nitrogens with one attached hydrogen (secondary N) is 1. The molecule has 0 amide bonds. The van der Waals surface area contributed by atoms with Crippen molar-refractivity contribution in [2.45, 2.75) is 96.9 Å². The Bertz CT molecular complexity index is 971. The summed E-state index contributed by atoms with van der Waals surface area (Å²) < 4.78 is 0. The van der Waals surface area contributed by atoms with Gasteiger partial charge in [0.1, 0.15) is 0 Å². The second-order valence-corrected chi connectivity index (χ2v) is 9.82. The molecule has 1 N–H and O–H groups in total. The van der Waals surface area contributed by atoms with E-state index in [1.807, 2.05) is 6.20 Å². The number of unbranched alkanes of at least 4 members (excludes halogenated alkanes) is 8. The van der Waals surface area contributed by atoms with Crippen LogP contribution in [0.5, 0.6) is 0 Å². The van der Waals surface area contributed by atoms with Crippen molar-refractivity contribution in [1.82, 2.24) is 5.32 Å². The standard InChI is InChI=1S/C32H43NO/c1-5-7-8-9-10-11-12-13-14-15-26-18-19-28-29(20-21-31(28)34)32(26)30-23-27(17-16-24(30)3)25(4)33-22-6-2/h6,16-19,22-23,25,33H,2,4-5,7-15,20-21H2,1,3H3/b22-6-. The van der Waals surface area contributed by atoms with Crippen LogP contribution in [0.3, 0.4) is 0 Å². The lowest BCUT2D eigenvalue weighted by Gasteiger charge is -2.20. The number of benzene rings is 2.